The number of benzene rings is 3. The van der Waals surface area contributed by atoms with Crippen LogP contribution >= 0.6 is 0 Å². The van der Waals surface area contributed by atoms with Crippen LogP contribution < -0.4 is 10.6 Å². The fourth-order valence-electron chi connectivity index (χ4n) is 3.25. The van der Waals surface area contributed by atoms with Crippen LogP contribution in [-0.4, -0.2) is 23.3 Å². The van der Waals surface area contributed by atoms with Gasteiger partial charge in [0.05, 0.1) is 11.4 Å². The van der Waals surface area contributed by atoms with Crippen LogP contribution in [0.25, 0.3) is 10.8 Å². The molecule has 0 saturated heterocycles. The van der Waals surface area contributed by atoms with Crippen LogP contribution in [-0.2, 0) is 0 Å². The first-order valence-electron chi connectivity index (χ1n) is 9.88. The van der Waals surface area contributed by atoms with Gasteiger partial charge in [0, 0.05) is 29.3 Å². The van der Waals surface area contributed by atoms with Crippen LogP contribution in [0.3, 0.4) is 0 Å². The molecule has 1 heterocycles. The summed E-state index contributed by atoms with van der Waals surface area (Å²) >= 11 is 0. The Bertz CT molecular complexity index is 1150. The molecule has 0 atom stereocenters. The Morgan fingerprint density at radius 2 is 1.57 bits per heavy atom. The molecule has 2 amide bonds. The first-order chi connectivity index (χ1) is 14.7. The third kappa shape index (κ3) is 4.36. The summed E-state index contributed by atoms with van der Waals surface area (Å²) in [6.45, 7) is 2.43. The highest BCUT2D eigenvalue weighted by molar-refractivity contribution is 6.15. The van der Waals surface area contributed by atoms with E-state index in [4.69, 9.17) is 4.99 Å². The Hall–Kier alpha value is -3.99. The molecule has 4 aromatic rings. The highest BCUT2D eigenvalue weighted by Gasteiger charge is 2.09. The lowest BCUT2D eigenvalue weighted by molar-refractivity contribution is 0.252. The number of hydrogen-bond acceptors (Lipinski definition) is 3. The van der Waals surface area contributed by atoms with E-state index in [9.17, 15) is 4.79 Å². The van der Waals surface area contributed by atoms with E-state index in [1.54, 1.807) is 6.20 Å². The summed E-state index contributed by atoms with van der Waals surface area (Å²) in [5.41, 5.74) is 3.81. The number of anilines is 1. The maximum absolute atomic E-state index is 11.8. The van der Waals surface area contributed by atoms with Gasteiger partial charge in [0.1, 0.15) is 5.82 Å². The summed E-state index contributed by atoms with van der Waals surface area (Å²) < 4.78 is 0. The lowest BCUT2D eigenvalue weighted by Crippen LogP contribution is -2.28. The number of urea groups is 1. The molecule has 0 aliphatic carbocycles. The van der Waals surface area contributed by atoms with Crippen molar-refractivity contribution >= 4 is 34.0 Å². The first-order valence-corrected chi connectivity index (χ1v) is 9.88. The number of aliphatic imine (C=N–C) groups is 1. The summed E-state index contributed by atoms with van der Waals surface area (Å²) in [4.78, 5) is 21.2. The van der Waals surface area contributed by atoms with Crippen molar-refractivity contribution in [2.45, 2.75) is 6.92 Å². The third-order valence-electron chi connectivity index (χ3n) is 4.65. The molecule has 0 radical (unpaired) electrons. The summed E-state index contributed by atoms with van der Waals surface area (Å²) in [5, 5.41) is 7.33. The number of carbonyl (C=O) groups excluding carboxylic acids is 1. The van der Waals surface area contributed by atoms with Gasteiger partial charge in [-0.1, -0.05) is 72.8 Å². The molecule has 0 unspecified atom stereocenters. The van der Waals surface area contributed by atoms with E-state index in [1.165, 1.54) is 0 Å². The summed E-state index contributed by atoms with van der Waals surface area (Å²) in [6.07, 6.45) is 1.75. The Morgan fingerprint density at radius 3 is 2.20 bits per heavy atom. The van der Waals surface area contributed by atoms with E-state index in [2.05, 4.69) is 39.9 Å². The maximum atomic E-state index is 11.8. The molecular formula is C25H22N4O. The second-order valence-electron chi connectivity index (χ2n) is 6.74. The molecule has 0 aliphatic rings. The molecule has 148 valence electrons. The molecule has 1 aromatic heterocycles. The number of amides is 2. The molecule has 0 fully saturated rings. The smallest absolute Gasteiger partial charge is 0.320 e. The van der Waals surface area contributed by atoms with E-state index in [0.29, 0.717) is 12.4 Å². The number of nitrogens with one attached hydrogen (secondary N) is 2. The zero-order valence-corrected chi connectivity index (χ0v) is 16.7. The number of aromatic nitrogens is 1. The van der Waals surface area contributed by atoms with Crippen LogP contribution in [0.4, 0.5) is 16.3 Å². The fourth-order valence-corrected chi connectivity index (χ4v) is 3.25. The molecule has 0 spiro atoms. The molecule has 0 aliphatic heterocycles. The van der Waals surface area contributed by atoms with Crippen molar-refractivity contribution in [2.75, 3.05) is 11.9 Å². The lowest BCUT2D eigenvalue weighted by atomic mass is 10.0. The molecule has 5 heteroatoms. The molecular weight excluding hydrogens is 372 g/mol. The van der Waals surface area contributed by atoms with Gasteiger partial charge in [0.2, 0.25) is 0 Å². The molecule has 0 bridgehead atoms. The Labute approximate surface area is 175 Å². The number of hydrogen-bond donors (Lipinski definition) is 2. The quantitative estimate of drug-likeness (QED) is 0.436. The van der Waals surface area contributed by atoms with Gasteiger partial charge in [-0.2, -0.15) is 0 Å². The highest BCUT2D eigenvalue weighted by atomic mass is 16.2. The third-order valence-corrected chi connectivity index (χ3v) is 4.65. The predicted molar refractivity (Wildman–Crippen MR) is 123 cm³/mol. The average molecular weight is 394 g/mol. The molecule has 0 saturated carbocycles. The number of nitrogens with zero attached hydrogens (tertiary/aromatic N) is 2. The zero-order chi connectivity index (χ0) is 20.8. The fraction of sp³-hybridized carbons (Fsp3) is 0.0800. The summed E-state index contributed by atoms with van der Waals surface area (Å²) in [7, 11) is 0. The largest absolute Gasteiger partial charge is 0.338 e. The van der Waals surface area contributed by atoms with Gasteiger partial charge in [-0.25, -0.2) is 14.8 Å². The van der Waals surface area contributed by atoms with Gasteiger partial charge < -0.3 is 5.32 Å². The minimum Gasteiger partial charge on any atom is -0.338 e. The van der Waals surface area contributed by atoms with Crippen molar-refractivity contribution in [3.8, 4) is 0 Å². The maximum Gasteiger partial charge on any atom is 0.320 e. The minimum atomic E-state index is -0.269. The van der Waals surface area contributed by atoms with E-state index >= 15 is 0 Å². The van der Waals surface area contributed by atoms with Gasteiger partial charge in [0.25, 0.3) is 0 Å². The highest BCUT2D eigenvalue weighted by Crippen LogP contribution is 2.28. The van der Waals surface area contributed by atoms with E-state index in [-0.39, 0.29) is 6.03 Å². The van der Waals surface area contributed by atoms with Crippen molar-refractivity contribution in [1.82, 2.24) is 10.3 Å². The number of carbonyl (C=O) groups is 1. The molecule has 30 heavy (non-hydrogen) atoms. The monoisotopic (exact) mass is 394 g/mol. The van der Waals surface area contributed by atoms with E-state index in [0.717, 1.165) is 33.3 Å². The Kier molecular flexibility index (Phi) is 5.80. The van der Waals surface area contributed by atoms with Crippen LogP contribution in [0.15, 0.2) is 96.1 Å². The second kappa shape index (κ2) is 9.01. The molecule has 5 nitrogen and oxygen atoms in total. The molecule has 2 N–H and O–H groups in total. The van der Waals surface area contributed by atoms with E-state index in [1.807, 2.05) is 67.6 Å². The van der Waals surface area contributed by atoms with Gasteiger partial charge in [0.15, 0.2) is 0 Å². The van der Waals surface area contributed by atoms with Crippen LogP contribution in [0.1, 0.15) is 18.1 Å². The standard InChI is InChI=1S/C25H22N4O/c1-2-26-25(30)29-23-16-20-14-9-15-22(21(20)17-27-23)28-24(18-10-5-3-6-11-18)19-12-7-4-8-13-19/h3-17H,2H2,1H3,(H2,26,27,29,30). The Balaban J connectivity index is 1.78. The van der Waals surface area contributed by atoms with Crippen molar-refractivity contribution in [3.63, 3.8) is 0 Å². The number of pyridine rings is 1. The van der Waals surface area contributed by atoms with Gasteiger partial charge in [-0.3, -0.25) is 5.32 Å². The lowest BCUT2D eigenvalue weighted by Gasteiger charge is -2.10. The Morgan fingerprint density at radius 1 is 0.900 bits per heavy atom. The van der Waals surface area contributed by atoms with Crippen molar-refractivity contribution < 1.29 is 4.79 Å². The van der Waals surface area contributed by atoms with Crippen LogP contribution in [0.2, 0.25) is 0 Å². The number of fused-ring (bicyclic) bond motifs is 1. The molecule has 4 rings (SSSR count). The van der Waals surface area contributed by atoms with Crippen LogP contribution in [0.5, 0.6) is 0 Å². The first kappa shape index (κ1) is 19.3. The number of rotatable bonds is 5. The van der Waals surface area contributed by atoms with Gasteiger partial charge in [-0.15, -0.1) is 0 Å². The van der Waals surface area contributed by atoms with Crippen molar-refractivity contribution in [1.29, 1.82) is 0 Å². The summed E-state index contributed by atoms with van der Waals surface area (Å²) in [5.74, 6) is 0.501. The van der Waals surface area contributed by atoms with E-state index < -0.39 is 0 Å². The molecule has 3 aromatic carbocycles. The topological polar surface area (TPSA) is 66.4 Å². The van der Waals surface area contributed by atoms with Gasteiger partial charge in [-0.05, 0) is 24.4 Å². The average Bonchev–Trinajstić information content (AvgIpc) is 2.78. The van der Waals surface area contributed by atoms with Gasteiger partial charge >= 0.3 is 6.03 Å². The predicted octanol–water partition coefficient (Wildman–Crippen LogP) is 5.55. The summed E-state index contributed by atoms with van der Waals surface area (Å²) in [6, 6.07) is 27.8. The van der Waals surface area contributed by atoms with Crippen molar-refractivity contribution in [2.24, 2.45) is 4.99 Å². The SMILES string of the molecule is CCNC(=O)Nc1cc2cccc(N=C(c3ccccc3)c3ccccc3)c2cn1. The zero-order valence-electron chi connectivity index (χ0n) is 16.7. The van der Waals surface area contributed by atoms with Crippen molar-refractivity contribution in [3.05, 3.63) is 102 Å². The minimum absolute atomic E-state index is 0.269. The second-order valence-corrected chi connectivity index (χ2v) is 6.74. The van der Waals surface area contributed by atoms with Crippen LogP contribution in [0, 0.1) is 0 Å². The normalized spacial score (nSPS) is 10.4.